The number of aromatic nitrogens is 2. The van der Waals surface area contributed by atoms with Gasteiger partial charge in [0, 0.05) is 38.1 Å². The van der Waals surface area contributed by atoms with Crippen molar-refractivity contribution in [3.63, 3.8) is 0 Å². The van der Waals surface area contributed by atoms with Crippen LogP contribution in [0.1, 0.15) is 21.5 Å². The van der Waals surface area contributed by atoms with Crippen LogP contribution in [0, 0.1) is 0 Å². The zero-order valence-corrected chi connectivity index (χ0v) is 15.1. The second-order valence-electron chi connectivity index (χ2n) is 6.28. The van der Waals surface area contributed by atoms with Crippen LogP contribution in [0.25, 0.3) is 0 Å². The van der Waals surface area contributed by atoms with Crippen molar-refractivity contribution >= 4 is 5.91 Å². The van der Waals surface area contributed by atoms with E-state index in [0.29, 0.717) is 17.7 Å². The van der Waals surface area contributed by atoms with E-state index in [0.717, 1.165) is 5.56 Å². The molecule has 0 N–H and O–H groups in total. The van der Waals surface area contributed by atoms with Gasteiger partial charge in [-0.1, -0.05) is 24.3 Å². The minimum Gasteiger partial charge on any atom is -0.406 e. The molecule has 0 saturated heterocycles. The Morgan fingerprint density at radius 1 is 1.07 bits per heavy atom. The molecule has 0 aliphatic rings. The molecule has 0 radical (unpaired) electrons. The van der Waals surface area contributed by atoms with Crippen molar-refractivity contribution in [2.45, 2.75) is 19.5 Å². The van der Waals surface area contributed by atoms with Gasteiger partial charge in [-0.2, -0.15) is 0 Å². The number of hydrogen-bond donors (Lipinski definition) is 0. The Balaban J connectivity index is 1.59. The molecule has 0 saturated carbocycles. The van der Waals surface area contributed by atoms with Gasteiger partial charge in [0.25, 0.3) is 5.91 Å². The van der Waals surface area contributed by atoms with Crippen LogP contribution in [0.3, 0.4) is 0 Å². The third-order valence-corrected chi connectivity index (χ3v) is 4.05. The number of carbonyl (C=O) groups excluding carboxylic acids is 1. The predicted molar refractivity (Wildman–Crippen MR) is 96.7 cm³/mol. The van der Waals surface area contributed by atoms with E-state index < -0.39 is 6.36 Å². The standard InChI is InChI=1S/C20H18F3N3O2/c1-25(12-15-4-8-18(9-5-15)28-20(21,22)23)19(27)17-6-2-16(3-7-17)13-26-11-10-24-14-26/h2-11,14H,12-13H2,1H3. The van der Waals surface area contributed by atoms with Gasteiger partial charge in [0.1, 0.15) is 5.75 Å². The van der Waals surface area contributed by atoms with E-state index in [2.05, 4.69) is 9.72 Å². The highest BCUT2D eigenvalue weighted by atomic mass is 19.4. The molecule has 3 rings (SSSR count). The number of carbonyl (C=O) groups is 1. The van der Waals surface area contributed by atoms with Crippen LogP contribution in [-0.4, -0.2) is 33.8 Å². The molecule has 0 spiro atoms. The average Bonchev–Trinajstić information content (AvgIpc) is 3.15. The maximum Gasteiger partial charge on any atom is 0.573 e. The molecule has 1 heterocycles. The lowest BCUT2D eigenvalue weighted by atomic mass is 10.1. The first-order valence-corrected chi connectivity index (χ1v) is 8.45. The quantitative estimate of drug-likeness (QED) is 0.638. The van der Waals surface area contributed by atoms with Gasteiger partial charge in [0.2, 0.25) is 0 Å². The molecule has 0 fully saturated rings. The Hall–Kier alpha value is -3.29. The second kappa shape index (κ2) is 8.16. The van der Waals surface area contributed by atoms with E-state index in [-0.39, 0.29) is 18.2 Å². The van der Waals surface area contributed by atoms with Gasteiger partial charge in [-0.05, 0) is 35.4 Å². The minimum atomic E-state index is -4.72. The van der Waals surface area contributed by atoms with Crippen LogP contribution in [0.2, 0.25) is 0 Å². The molecule has 0 aliphatic heterocycles. The van der Waals surface area contributed by atoms with E-state index in [4.69, 9.17) is 0 Å². The number of hydrogen-bond acceptors (Lipinski definition) is 3. The summed E-state index contributed by atoms with van der Waals surface area (Å²) in [5.74, 6) is -0.469. The fraction of sp³-hybridized carbons (Fsp3) is 0.200. The molecule has 3 aromatic rings. The summed E-state index contributed by atoms with van der Waals surface area (Å²) in [7, 11) is 1.64. The smallest absolute Gasteiger partial charge is 0.406 e. The Morgan fingerprint density at radius 3 is 2.29 bits per heavy atom. The highest BCUT2D eigenvalue weighted by molar-refractivity contribution is 5.94. The first-order valence-electron chi connectivity index (χ1n) is 8.45. The lowest BCUT2D eigenvalue weighted by Crippen LogP contribution is -2.26. The lowest BCUT2D eigenvalue weighted by molar-refractivity contribution is -0.274. The van der Waals surface area contributed by atoms with Crippen molar-refractivity contribution in [3.05, 3.63) is 83.9 Å². The molecule has 0 aliphatic carbocycles. The van der Waals surface area contributed by atoms with Crippen molar-refractivity contribution in [1.82, 2.24) is 14.5 Å². The summed E-state index contributed by atoms with van der Waals surface area (Å²) in [6, 6.07) is 12.7. The number of amides is 1. The summed E-state index contributed by atoms with van der Waals surface area (Å²) >= 11 is 0. The maximum atomic E-state index is 12.6. The number of imidazole rings is 1. The van der Waals surface area contributed by atoms with E-state index in [1.807, 2.05) is 22.9 Å². The largest absolute Gasteiger partial charge is 0.573 e. The Morgan fingerprint density at radius 2 is 1.71 bits per heavy atom. The molecule has 8 heteroatoms. The van der Waals surface area contributed by atoms with E-state index in [9.17, 15) is 18.0 Å². The number of alkyl halides is 3. The SMILES string of the molecule is CN(Cc1ccc(OC(F)(F)F)cc1)C(=O)c1ccc(Cn2ccnc2)cc1. The minimum absolute atomic E-state index is 0.176. The summed E-state index contributed by atoms with van der Waals surface area (Å²) in [4.78, 5) is 18.1. The Labute approximate surface area is 160 Å². The van der Waals surface area contributed by atoms with Crippen molar-refractivity contribution < 1.29 is 22.7 Å². The van der Waals surface area contributed by atoms with Crippen molar-refractivity contribution in [2.75, 3.05) is 7.05 Å². The average molecular weight is 389 g/mol. The van der Waals surface area contributed by atoms with Crippen LogP contribution in [0.15, 0.2) is 67.3 Å². The first kappa shape index (κ1) is 19.5. The van der Waals surface area contributed by atoms with Crippen LogP contribution in [0.4, 0.5) is 13.2 Å². The molecule has 1 aromatic heterocycles. The topological polar surface area (TPSA) is 47.4 Å². The number of rotatable bonds is 6. The monoisotopic (exact) mass is 389 g/mol. The zero-order chi connectivity index (χ0) is 20.1. The number of benzene rings is 2. The molecule has 0 atom stereocenters. The van der Waals surface area contributed by atoms with Gasteiger partial charge in [0.15, 0.2) is 0 Å². The molecular weight excluding hydrogens is 371 g/mol. The van der Waals surface area contributed by atoms with Crippen molar-refractivity contribution in [2.24, 2.45) is 0 Å². The first-order chi connectivity index (χ1) is 13.3. The fourth-order valence-electron chi connectivity index (χ4n) is 2.71. The highest BCUT2D eigenvalue weighted by Crippen LogP contribution is 2.23. The molecule has 2 aromatic carbocycles. The summed E-state index contributed by atoms with van der Waals surface area (Å²) < 4.78 is 42.4. The number of nitrogens with zero attached hydrogens (tertiary/aromatic N) is 3. The zero-order valence-electron chi connectivity index (χ0n) is 15.1. The highest BCUT2D eigenvalue weighted by Gasteiger charge is 2.30. The van der Waals surface area contributed by atoms with Gasteiger partial charge in [-0.3, -0.25) is 4.79 Å². The fourth-order valence-corrected chi connectivity index (χ4v) is 2.71. The summed E-state index contributed by atoms with van der Waals surface area (Å²) in [5.41, 5.74) is 2.27. The molecule has 28 heavy (non-hydrogen) atoms. The molecule has 0 bridgehead atoms. The lowest BCUT2D eigenvalue weighted by Gasteiger charge is -2.18. The van der Waals surface area contributed by atoms with Crippen molar-refractivity contribution in [1.29, 1.82) is 0 Å². The molecule has 146 valence electrons. The number of halogens is 3. The molecule has 1 amide bonds. The van der Waals surface area contributed by atoms with Gasteiger partial charge in [0.05, 0.1) is 6.33 Å². The second-order valence-corrected chi connectivity index (χ2v) is 6.28. The van der Waals surface area contributed by atoms with Gasteiger partial charge in [-0.15, -0.1) is 13.2 Å². The van der Waals surface area contributed by atoms with Crippen LogP contribution in [0.5, 0.6) is 5.75 Å². The Bertz CT molecular complexity index is 905. The van der Waals surface area contributed by atoms with Gasteiger partial charge in [-0.25, -0.2) is 4.98 Å². The molecular formula is C20H18F3N3O2. The molecule has 0 unspecified atom stereocenters. The van der Waals surface area contributed by atoms with E-state index >= 15 is 0 Å². The normalized spacial score (nSPS) is 11.3. The van der Waals surface area contributed by atoms with Crippen molar-refractivity contribution in [3.8, 4) is 5.75 Å². The van der Waals surface area contributed by atoms with E-state index in [1.54, 1.807) is 31.7 Å². The van der Waals surface area contributed by atoms with Gasteiger partial charge >= 0.3 is 6.36 Å². The summed E-state index contributed by atoms with van der Waals surface area (Å²) in [6.07, 6.45) is 0.558. The van der Waals surface area contributed by atoms with Crippen LogP contribution < -0.4 is 4.74 Å². The Kier molecular flexibility index (Phi) is 5.67. The third kappa shape index (κ3) is 5.35. The number of ether oxygens (including phenoxy) is 1. The van der Waals surface area contributed by atoms with Crippen LogP contribution in [-0.2, 0) is 13.1 Å². The third-order valence-electron chi connectivity index (χ3n) is 4.05. The molecule has 5 nitrogen and oxygen atoms in total. The van der Waals surface area contributed by atoms with E-state index in [1.165, 1.54) is 29.2 Å². The maximum absolute atomic E-state index is 12.6. The predicted octanol–water partition coefficient (Wildman–Crippen LogP) is 4.10. The summed E-state index contributed by atoms with van der Waals surface area (Å²) in [5, 5.41) is 0. The van der Waals surface area contributed by atoms with Crippen LogP contribution >= 0.6 is 0 Å². The summed E-state index contributed by atoms with van der Waals surface area (Å²) in [6.45, 7) is 0.929. The van der Waals surface area contributed by atoms with Gasteiger partial charge < -0.3 is 14.2 Å².